The van der Waals surface area contributed by atoms with Crippen molar-refractivity contribution < 1.29 is 0 Å². The van der Waals surface area contributed by atoms with Crippen LogP contribution in [0.4, 0.5) is 0 Å². The van der Waals surface area contributed by atoms with Crippen LogP contribution in [0.3, 0.4) is 0 Å². The predicted octanol–water partition coefficient (Wildman–Crippen LogP) is 1.31. The van der Waals surface area contributed by atoms with Gasteiger partial charge in [-0.3, -0.25) is 9.97 Å². The minimum absolute atomic E-state index is 0.0124. The highest BCUT2D eigenvalue weighted by atomic mass is 14.9. The maximum atomic E-state index is 6.13. The summed E-state index contributed by atoms with van der Waals surface area (Å²) in [6, 6.07) is 5.69. The standard InChI is InChI=1S/C16H18N6/c17-5-1-12(18)9-14-13-4-8-20-10-15(13)22-16(21-14)11-2-6-19-7-3-11/h2-4,6-8,10,12H,1,5,9,17-18H2. The Bertz CT molecular complexity index is 759. The molecule has 3 aromatic heterocycles. The third-order valence-corrected chi connectivity index (χ3v) is 3.51. The SMILES string of the molecule is NCCC(N)Cc1nc(-c2ccncc2)nc2cnccc12. The van der Waals surface area contributed by atoms with E-state index >= 15 is 0 Å². The molecule has 0 aliphatic rings. The molecule has 0 radical (unpaired) electrons. The summed E-state index contributed by atoms with van der Waals surface area (Å²) in [6.45, 7) is 0.572. The Hall–Kier alpha value is -2.44. The second-order valence-corrected chi connectivity index (χ2v) is 5.16. The first kappa shape index (κ1) is 14.5. The van der Waals surface area contributed by atoms with Gasteiger partial charge in [0.05, 0.1) is 17.4 Å². The van der Waals surface area contributed by atoms with Crippen molar-refractivity contribution in [2.24, 2.45) is 11.5 Å². The average Bonchev–Trinajstić information content (AvgIpc) is 2.56. The van der Waals surface area contributed by atoms with Gasteiger partial charge in [0.2, 0.25) is 0 Å². The van der Waals surface area contributed by atoms with Crippen LogP contribution in [0.25, 0.3) is 22.3 Å². The molecule has 6 nitrogen and oxygen atoms in total. The fraction of sp³-hybridized carbons (Fsp3) is 0.250. The van der Waals surface area contributed by atoms with Crippen molar-refractivity contribution in [1.82, 2.24) is 19.9 Å². The summed E-state index contributed by atoms with van der Waals surface area (Å²) < 4.78 is 0. The third-order valence-electron chi connectivity index (χ3n) is 3.51. The molecule has 0 bridgehead atoms. The highest BCUT2D eigenvalue weighted by molar-refractivity contribution is 5.81. The number of hydrogen-bond donors (Lipinski definition) is 2. The van der Waals surface area contributed by atoms with Gasteiger partial charge in [0, 0.05) is 42.0 Å². The Kier molecular flexibility index (Phi) is 4.32. The van der Waals surface area contributed by atoms with E-state index in [-0.39, 0.29) is 6.04 Å². The van der Waals surface area contributed by atoms with Gasteiger partial charge >= 0.3 is 0 Å². The van der Waals surface area contributed by atoms with E-state index in [9.17, 15) is 0 Å². The van der Waals surface area contributed by atoms with Gasteiger partial charge in [0.15, 0.2) is 5.82 Å². The molecule has 0 spiro atoms. The second-order valence-electron chi connectivity index (χ2n) is 5.16. The molecular weight excluding hydrogens is 276 g/mol. The van der Waals surface area contributed by atoms with Crippen LogP contribution in [0.15, 0.2) is 43.0 Å². The zero-order chi connectivity index (χ0) is 15.4. The fourth-order valence-corrected chi connectivity index (χ4v) is 2.40. The molecule has 6 heteroatoms. The summed E-state index contributed by atoms with van der Waals surface area (Å²) in [6.07, 6.45) is 8.38. The van der Waals surface area contributed by atoms with E-state index in [0.717, 1.165) is 28.6 Å². The number of nitrogens with zero attached hydrogens (tertiary/aromatic N) is 4. The van der Waals surface area contributed by atoms with Gasteiger partial charge in [-0.2, -0.15) is 0 Å². The molecule has 1 unspecified atom stereocenters. The average molecular weight is 294 g/mol. The van der Waals surface area contributed by atoms with E-state index in [0.29, 0.717) is 18.8 Å². The Morgan fingerprint density at radius 1 is 1.00 bits per heavy atom. The van der Waals surface area contributed by atoms with E-state index in [1.165, 1.54) is 0 Å². The molecule has 3 rings (SSSR count). The van der Waals surface area contributed by atoms with Crippen LogP contribution in [0.2, 0.25) is 0 Å². The first-order chi connectivity index (χ1) is 10.8. The Labute approximate surface area is 128 Å². The summed E-state index contributed by atoms with van der Waals surface area (Å²) in [4.78, 5) is 17.5. The topological polar surface area (TPSA) is 104 Å². The molecule has 0 saturated heterocycles. The van der Waals surface area contributed by atoms with Crippen molar-refractivity contribution in [3.05, 3.63) is 48.7 Å². The summed E-state index contributed by atoms with van der Waals surface area (Å²) in [5, 5.41) is 0.986. The summed E-state index contributed by atoms with van der Waals surface area (Å²) in [5.74, 6) is 0.665. The number of rotatable bonds is 5. The van der Waals surface area contributed by atoms with Crippen LogP contribution < -0.4 is 11.5 Å². The summed E-state index contributed by atoms with van der Waals surface area (Å²) in [5.41, 5.74) is 14.4. The highest BCUT2D eigenvalue weighted by Gasteiger charge is 2.12. The van der Waals surface area contributed by atoms with E-state index in [1.54, 1.807) is 24.8 Å². The van der Waals surface area contributed by atoms with Crippen LogP contribution >= 0.6 is 0 Å². The lowest BCUT2D eigenvalue weighted by Crippen LogP contribution is -2.26. The smallest absolute Gasteiger partial charge is 0.160 e. The van der Waals surface area contributed by atoms with Gasteiger partial charge in [0.1, 0.15) is 0 Å². The lowest BCUT2D eigenvalue weighted by molar-refractivity contribution is 0.613. The lowest BCUT2D eigenvalue weighted by atomic mass is 10.1. The maximum Gasteiger partial charge on any atom is 0.160 e. The van der Waals surface area contributed by atoms with E-state index in [4.69, 9.17) is 16.5 Å². The van der Waals surface area contributed by atoms with Crippen LogP contribution in [0.5, 0.6) is 0 Å². The Morgan fingerprint density at radius 2 is 1.77 bits per heavy atom. The van der Waals surface area contributed by atoms with Crippen LogP contribution in [-0.4, -0.2) is 32.5 Å². The van der Waals surface area contributed by atoms with Gasteiger partial charge in [-0.05, 0) is 31.2 Å². The fourth-order valence-electron chi connectivity index (χ4n) is 2.40. The third kappa shape index (κ3) is 3.08. The zero-order valence-electron chi connectivity index (χ0n) is 12.2. The van der Waals surface area contributed by atoms with Gasteiger partial charge in [0.25, 0.3) is 0 Å². The molecular formula is C16H18N6. The van der Waals surface area contributed by atoms with Crippen LogP contribution in [0, 0.1) is 0 Å². The first-order valence-corrected chi connectivity index (χ1v) is 7.24. The molecule has 3 heterocycles. The van der Waals surface area contributed by atoms with Crippen molar-refractivity contribution in [3.8, 4) is 11.4 Å². The van der Waals surface area contributed by atoms with Crippen molar-refractivity contribution >= 4 is 10.9 Å². The summed E-state index contributed by atoms with van der Waals surface area (Å²) >= 11 is 0. The number of nitrogens with two attached hydrogens (primary N) is 2. The maximum absolute atomic E-state index is 6.13. The molecule has 0 aliphatic heterocycles. The van der Waals surface area contributed by atoms with Gasteiger partial charge < -0.3 is 11.5 Å². The Morgan fingerprint density at radius 3 is 2.55 bits per heavy atom. The van der Waals surface area contributed by atoms with E-state index < -0.39 is 0 Å². The molecule has 0 aliphatic carbocycles. The van der Waals surface area contributed by atoms with Crippen molar-refractivity contribution in [2.45, 2.75) is 18.9 Å². The molecule has 22 heavy (non-hydrogen) atoms. The quantitative estimate of drug-likeness (QED) is 0.735. The van der Waals surface area contributed by atoms with Gasteiger partial charge in [-0.1, -0.05) is 0 Å². The van der Waals surface area contributed by atoms with Gasteiger partial charge in [-0.15, -0.1) is 0 Å². The summed E-state index contributed by atoms with van der Waals surface area (Å²) in [7, 11) is 0. The molecule has 0 fully saturated rings. The molecule has 3 aromatic rings. The van der Waals surface area contributed by atoms with E-state index in [2.05, 4.69) is 15.0 Å². The zero-order valence-corrected chi connectivity index (χ0v) is 12.2. The van der Waals surface area contributed by atoms with Crippen LogP contribution in [-0.2, 0) is 6.42 Å². The molecule has 4 N–H and O–H groups in total. The molecule has 0 amide bonds. The monoisotopic (exact) mass is 294 g/mol. The molecule has 1 atom stereocenters. The predicted molar refractivity (Wildman–Crippen MR) is 85.9 cm³/mol. The largest absolute Gasteiger partial charge is 0.330 e. The normalized spacial score (nSPS) is 12.5. The first-order valence-electron chi connectivity index (χ1n) is 7.24. The number of fused-ring (bicyclic) bond motifs is 1. The number of aromatic nitrogens is 4. The van der Waals surface area contributed by atoms with Crippen molar-refractivity contribution in [2.75, 3.05) is 6.54 Å². The molecule has 112 valence electrons. The number of pyridine rings is 2. The second kappa shape index (κ2) is 6.55. The minimum Gasteiger partial charge on any atom is -0.330 e. The van der Waals surface area contributed by atoms with Crippen molar-refractivity contribution in [3.63, 3.8) is 0 Å². The molecule has 0 aromatic carbocycles. The van der Waals surface area contributed by atoms with Gasteiger partial charge in [-0.25, -0.2) is 9.97 Å². The Balaban J connectivity index is 2.08. The highest BCUT2D eigenvalue weighted by Crippen LogP contribution is 2.21. The number of hydrogen-bond acceptors (Lipinski definition) is 6. The minimum atomic E-state index is -0.0124. The molecule has 0 saturated carbocycles. The van der Waals surface area contributed by atoms with Crippen molar-refractivity contribution in [1.29, 1.82) is 0 Å². The van der Waals surface area contributed by atoms with Crippen LogP contribution in [0.1, 0.15) is 12.1 Å². The van der Waals surface area contributed by atoms with E-state index in [1.807, 2.05) is 18.2 Å². The lowest BCUT2D eigenvalue weighted by Gasteiger charge is -2.13.